The lowest BCUT2D eigenvalue weighted by Crippen LogP contribution is -2.77. The number of aliphatic hydroxyl groups excluding tert-OH is 1. The minimum atomic E-state index is -1.20. The van der Waals surface area contributed by atoms with Crippen molar-refractivity contribution in [2.24, 2.45) is 11.3 Å². The van der Waals surface area contributed by atoms with Gasteiger partial charge < -0.3 is 20.3 Å². The molecule has 1 saturated carbocycles. The highest BCUT2D eigenvalue weighted by molar-refractivity contribution is 5.83. The van der Waals surface area contributed by atoms with Crippen LogP contribution in [0.2, 0.25) is 0 Å². The molecule has 3 N–H and O–H groups in total. The van der Waals surface area contributed by atoms with Crippen molar-refractivity contribution in [3.8, 4) is 0 Å². The fourth-order valence-corrected chi connectivity index (χ4v) is 7.54. The number of fused-ring (bicyclic) bond motifs is 2. The SMILES string of the molecule is CC=C1C(O)N2C3CC45CC3(C(=O)OC)C1CC2C4(O)Nc1ccccc15. The summed E-state index contributed by atoms with van der Waals surface area (Å²) in [7, 11) is 1.45. The Morgan fingerprint density at radius 3 is 2.89 bits per heavy atom. The number of carbonyl (C=O) groups excluding carboxylic acids is 1. The number of hydrogen-bond donors (Lipinski definition) is 3. The molecule has 0 aromatic heterocycles. The number of nitrogens with zero attached hydrogens (tertiary/aromatic N) is 1. The van der Waals surface area contributed by atoms with E-state index in [1.165, 1.54) is 7.11 Å². The summed E-state index contributed by atoms with van der Waals surface area (Å²) in [6, 6.07) is 7.66. The molecule has 5 heterocycles. The fraction of sp³-hybridized carbons (Fsp3) is 0.571. The zero-order chi connectivity index (χ0) is 18.8. The molecule has 0 amide bonds. The van der Waals surface area contributed by atoms with Crippen LogP contribution in [0.15, 0.2) is 35.9 Å². The third-order valence-electron chi connectivity index (χ3n) is 8.39. The summed E-state index contributed by atoms with van der Waals surface area (Å²) in [6.45, 7) is 1.92. The molecule has 8 unspecified atom stereocenters. The Bertz CT molecular complexity index is 915. The highest BCUT2D eigenvalue weighted by Crippen LogP contribution is 2.75. The van der Waals surface area contributed by atoms with Crippen molar-refractivity contribution in [1.82, 2.24) is 4.90 Å². The van der Waals surface area contributed by atoms with Crippen LogP contribution in [0.5, 0.6) is 0 Å². The Morgan fingerprint density at radius 1 is 1.37 bits per heavy atom. The zero-order valence-corrected chi connectivity index (χ0v) is 15.5. The summed E-state index contributed by atoms with van der Waals surface area (Å²) in [5, 5.41) is 26.5. The first-order valence-electron chi connectivity index (χ1n) is 9.75. The van der Waals surface area contributed by atoms with Crippen LogP contribution in [0.1, 0.15) is 31.7 Å². The van der Waals surface area contributed by atoms with Crippen LogP contribution in [0.4, 0.5) is 5.69 Å². The molecule has 0 radical (unpaired) electrons. The van der Waals surface area contributed by atoms with Gasteiger partial charge in [-0.15, -0.1) is 0 Å². The van der Waals surface area contributed by atoms with Crippen molar-refractivity contribution in [3.05, 3.63) is 41.5 Å². The first-order chi connectivity index (χ1) is 12.9. The number of nitrogens with one attached hydrogen (secondary N) is 1. The smallest absolute Gasteiger partial charge is 0.314 e. The number of carbonyl (C=O) groups is 1. The van der Waals surface area contributed by atoms with Crippen LogP contribution in [-0.2, 0) is 14.9 Å². The molecule has 1 aromatic rings. The molecule has 5 aliphatic heterocycles. The average Bonchev–Trinajstić information content (AvgIpc) is 3.14. The van der Waals surface area contributed by atoms with Crippen molar-refractivity contribution < 1.29 is 19.7 Å². The van der Waals surface area contributed by atoms with Crippen LogP contribution in [0.3, 0.4) is 0 Å². The van der Waals surface area contributed by atoms with E-state index in [-0.39, 0.29) is 24.0 Å². The lowest BCUT2D eigenvalue weighted by atomic mass is 9.58. The predicted molar refractivity (Wildman–Crippen MR) is 97.7 cm³/mol. The highest BCUT2D eigenvalue weighted by Gasteiger charge is 2.83. The summed E-state index contributed by atoms with van der Waals surface area (Å²) in [6.07, 6.45) is 3.01. The number of esters is 1. The van der Waals surface area contributed by atoms with Crippen molar-refractivity contribution in [1.29, 1.82) is 0 Å². The van der Waals surface area contributed by atoms with Crippen molar-refractivity contribution in [2.45, 2.75) is 55.6 Å². The number of allylic oxidation sites excluding steroid dienone is 1. The van der Waals surface area contributed by atoms with E-state index in [1.807, 2.05) is 36.1 Å². The lowest BCUT2D eigenvalue weighted by Gasteiger charge is -2.64. The number of piperidine rings is 4. The van der Waals surface area contributed by atoms with E-state index in [0.29, 0.717) is 19.3 Å². The number of aliphatic hydroxyl groups is 2. The molecule has 5 bridgehead atoms. The first-order valence-corrected chi connectivity index (χ1v) is 9.75. The molecule has 6 aliphatic rings. The number of rotatable bonds is 1. The molecule has 7 rings (SSSR count). The van der Waals surface area contributed by atoms with Crippen molar-refractivity contribution >= 4 is 11.7 Å². The molecular weight excluding hydrogens is 344 g/mol. The van der Waals surface area contributed by atoms with Gasteiger partial charge in [0, 0.05) is 23.1 Å². The van der Waals surface area contributed by atoms with Gasteiger partial charge in [0.15, 0.2) is 5.72 Å². The van der Waals surface area contributed by atoms with Crippen LogP contribution in [0.25, 0.3) is 0 Å². The van der Waals surface area contributed by atoms with Gasteiger partial charge in [-0.2, -0.15) is 0 Å². The molecule has 4 saturated heterocycles. The van der Waals surface area contributed by atoms with Crippen LogP contribution in [0, 0.1) is 11.3 Å². The largest absolute Gasteiger partial charge is 0.469 e. The molecule has 5 fully saturated rings. The van der Waals surface area contributed by atoms with Crippen LogP contribution in [-0.4, -0.2) is 52.2 Å². The number of hydrogen-bond acceptors (Lipinski definition) is 6. The summed E-state index contributed by atoms with van der Waals surface area (Å²) >= 11 is 0. The van der Waals surface area contributed by atoms with E-state index in [0.717, 1.165) is 16.8 Å². The molecule has 27 heavy (non-hydrogen) atoms. The van der Waals surface area contributed by atoms with E-state index in [2.05, 4.69) is 11.4 Å². The quantitative estimate of drug-likeness (QED) is 0.513. The average molecular weight is 368 g/mol. The Kier molecular flexibility index (Phi) is 2.72. The summed E-state index contributed by atoms with van der Waals surface area (Å²) < 4.78 is 5.33. The predicted octanol–water partition coefficient (Wildman–Crippen LogP) is 1.34. The molecule has 6 nitrogen and oxygen atoms in total. The van der Waals surface area contributed by atoms with Gasteiger partial charge in [-0.1, -0.05) is 24.3 Å². The van der Waals surface area contributed by atoms with Gasteiger partial charge in [0.25, 0.3) is 0 Å². The molecular formula is C21H24N2O4. The Labute approximate surface area is 157 Å². The number of benzene rings is 1. The topological polar surface area (TPSA) is 82.0 Å². The third-order valence-corrected chi connectivity index (χ3v) is 8.39. The molecule has 142 valence electrons. The van der Waals surface area contributed by atoms with E-state index in [4.69, 9.17) is 4.74 Å². The van der Waals surface area contributed by atoms with Gasteiger partial charge >= 0.3 is 5.97 Å². The van der Waals surface area contributed by atoms with Crippen molar-refractivity contribution in [2.75, 3.05) is 12.4 Å². The zero-order valence-electron chi connectivity index (χ0n) is 15.5. The minimum absolute atomic E-state index is 0.104. The standard InChI is InChI=1S/C21H24N2O4/c1-3-11-13-8-15-21(26)19(12-6-4-5-7-14(12)22-21)9-16(23(15)17(11)24)20(13,10-19)18(25)27-2/h3-7,13,15-17,22,24,26H,8-10H2,1-2H3. The normalized spacial score (nSPS) is 51.9. The van der Waals surface area contributed by atoms with Crippen LogP contribution >= 0.6 is 0 Å². The molecule has 6 heteroatoms. The molecule has 1 aromatic carbocycles. The number of ether oxygens (including phenoxy) is 1. The Morgan fingerprint density at radius 2 is 2.15 bits per heavy atom. The van der Waals surface area contributed by atoms with E-state index in [1.54, 1.807) is 0 Å². The maximum absolute atomic E-state index is 13.2. The van der Waals surface area contributed by atoms with E-state index < -0.39 is 22.8 Å². The van der Waals surface area contributed by atoms with Crippen molar-refractivity contribution in [3.63, 3.8) is 0 Å². The van der Waals surface area contributed by atoms with Gasteiger partial charge in [-0.05, 0) is 43.4 Å². The minimum Gasteiger partial charge on any atom is -0.469 e. The monoisotopic (exact) mass is 368 g/mol. The molecule has 1 spiro atoms. The maximum Gasteiger partial charge on any atom is 0.314 e. The fourth-order valence-electron chi connectivity index (χ4n) is 7.54. The first kappa shape index (κ1) is 16.1. The summed E-state index contributed by atoms with van der Waals surface area (Å²) in [5.74, 6) is -0.314. The van der Waals surface area contributed by atoms with Gasteiger partial charge in [0.05, 0.1) is 18.6 Å². The summed E-state index contributed by atoms with van der Waals surface area (Å²) in [5.41, 5.74) is 0.453. The van der Waals surface area contributed by atoms with Crippen LogP contribution < -0.4 is 5.32 Å². The Hall–Kier alpha value is -1.89. The third kappa shape index (κ3) is 1.39. The van der Waals surface area contributed by atoms with E-state index in [9.17, 15) is 15.0 Å². The van der Waals surface area contributed by atoms with Gasteiger partial charge in [-0.25, -0.2) is 0 Å². The van der Waals surface area contributed by atoms with E-state index >= 15 is 0 Å². The van der Waals surface area contributed by atoms with Gasteiger partial charge in [0.1, 0.15) is 6.23 Å². The summed E-state index contributed by atoms with van der Waals surface area (Å²) in [4.78, 5) is 15.2. The highest BCUT2D eigenvalue weighted by atomic mass is 16.5. The van der Waals surface area contributed by atoms with Gasteiger partial charge in [0.2, 0.25) is 0 Å². The number of anilines is 1. The molecule has 8 atom stereocenters. The maximum atomic E-state index is 13.2. The second kappa shape index (κ2) is 4.57. The second-order valence-corrected chi connectivity index (χ2v) is 8.86. The van der Waals surface area contributed by atoms with Gasteiger partial charge in [-0.3, -0.25) is 9.69 Å². The Balaban J connectivity index is 1.66. The number of para-hydroxylation sites is 1. The second-order valence-electron chi connectivity index (χ2n) is 8.86. The lowest BCUT2D eigenvalue weighted by molar-refractivity contribution is -0.218. The number of methoxy groups -OCH3 is 1. The molecule has 1 aliphatic carbocycles.